The van der Waals surface area contributed by atoms with E-state index < -0.39 is 0 Å². The van der Waals surface area contributed by atoms with E-state index in [1.165, 1.54) is 24.3 Å². The summed E-state index contributed by atoms with van der Waals surface area (Å²) in [5.74, 6) is -1.02. The van der Waals surface area contributed by atoms with Crippen LogP contribution >= 0.6 is 0 Å². The molecule has 0 unspecified atom stereocenters. The van der Waals surface area contributed by atoms with Crippen LogP contribution in [0.5, 0.6) is 0 Å². The van der Waals surface area contributed by atoms with E-state index >= 15 is 0 Å². The Bertz CT molecular complexity index is 823. The van der Waals surface area contributed by atoms with Gasteiger partial charge in [0.2, 0.25) is 11.8 Å². The summed E-state index contributed by atoms with van der Waals surface area (Å²) in [4.78, 5) is 23.1. The number of nitrogens with one attached hydrogen (secondary N) is 2. The van der Waals surface area contributed by atoms with Crippen molar-refractivity contribution in [1.82, 2.24) is 5.32 Å². The van der Waals surface area contributed by atoms with Crippen molar-refractivity contribution in [2.45, 2.75) is 13.0 Å². The summed E-state index contributed by atoms with van der Waals surface area (Å²) in [6, 6.07) is 14.6. The van der Waals surface area contributed by atoms with Gasteiger partial charge in [0, 0.05) is 18.3 Å². The molecule has 0 aromatic heterocycles. The second-order valence-electron chi connectivity index (χ2n) is 5.19. The van der Waals surface area contributed by atoms with E-state index in [4.69, 9.17) is 5.26 Å². The maximum Gasteiger partial charge on any atom is 0.244 e. The first-order valence-corrected chi connectivity index (χ1v) is 7.54. The van der Waals surface area contributed by atoms with Gasteiger partial charge >= 0.3 is 0 Å². The summed E-state index contributed by atoms with van der Waals surface area (Å²) in [7, 11) is 0. The van der Waals surface area contributed by atoms with Gasteiger partial charge in [-0.3, -0.25) is 9.59 Å². The minimum Gasteiger partial charge on any atom is -0.348 e. The number of nitriles is 1. The Kier molecular flexibility index (Phi) is 6.43. The SMILES string of the molecule is N#CCC(=O)Nc1ccc(CNC(=O)/C=C/c2cccc(F)c2)cc1. The largest absolute Gasteiger partial charge is 0.348 e. The zero-order valence-corrected chi connectivity index (χ0v) is 13.3. The smallest absolute Gasteiger partial charge is 0.244 e. The molecule has 6 heteroatoms. The molecule has 0 aliphatic heterocycles. The molecule has 0 spiro atoms. The Morgan fingerprint density at radius 2 is 1.92 bits per heavy atom. The first kappa shape index (κ1) is 17.9. The molecule has 2 aromatic rings. The molecule has 0 atom stereocenters. The highest BCUT2D eigenvalue weighted by atomic mass is 19.1. The molecule has 2 aromatic carbocycles. The first-order chi connectivity index (χ1) is 12.1. The number of benzene rings is 2. The Morgan fingerprint density at radius 3 is 2.60 bits per heavy atom. The molecule has 2 amide bonds. The number of anilines is 1. The molecule has 0 saturated carbocycles. The third kappa shape index (κ3) is 6.28. The summed E-state index contributed by atoms with van der Waals surface area (Å²) < 4.78 is 13.0. The maximum absolute atomic E-state index is 13.0. The van der Waals surface area contributed by atoms with Gasteiger partial charge in [0.05, 0.1) is 6.07 Å². The monoisotopic (exact) mass is 337 g/mol. The van der Waals surface area contributed by atoms with E-state index in [0.29, 0.717) is 17.8 Å². The third-order valence-electron chi connectivity index (χ3n) is 3.22. The number of hydrogen-bond donors (Lipinski definition) is 2. The average Bonchev–Trinajstić information content (AvgIpc) is 2.59. The van der Waals surface area contributed by atoms with Gasteiger partial charge in [-0.2, -0.15) is 5.26 Å². The highest BCUT2D eigenvalue weighted by Gasteiger charge is 2.02. The van der Waals surface area contributed by atoms with Crippen molar-refractivity contribution in [2.24, 2.45) is 0 Å². The van der Waals surface area contributed by atoms with E-state index in [-0.39, 0.29) is 24.1 Å². The summed E-state index contributed by atoms with van der Waals surface area (Å²) in [5, 5.41) is 13.7. The number of halogens is 1. The predicted molar refractivity (Wildman–Crippen MR) is 92.6 cm³/mol. The normalized spacial score (nSPS) is 10.2. The Hall–Kier alpha value is -3.46. The zero-order valence-electron chi connectivity index (χ0n) is 13.3. The molecule has 0 fully saturated rings. The fourth-order valence-electron chi connectivity index (χ4n) is 2.01. The quantitative estimate of drug-likeness (QED) is 0.795. The highest BCUT2D eigenvalue weighted by Crippen LogP contribution is 2.10. The van der Waals surface area contributed by atoms with E-state index in [1.807, 2.05) is 0 Å². The van der Waals surface area contributed by atoms with Crippen molar-refractivity contribution in [3.63, 3.8) is 0 Å². The standard InChI is InChI=1S/C19H16FN3O2/c20-16-3-1-2-14(12-16)6-9-18(24)22-13-15-4-7-17(8-5-15)23-19(25)10-11-21/h1-9,12H,10,13H2,(H,22,24)(H,23,25)/b9-6+. The molecule has 0 saturated heterocycles. The molecule has 2 rings (SSSR count). The number of nitrogens with zero attached hydrogens (tertiary/aromatic N) is 1. The molecule has 0 bridgehead atoms. The molecule has 0 aliphatic carbocycles. The molecule has 2 N–H and O–H groups in total. The topological polar surface area (TPSA) is 82.0 Å². The first-order valence-electron chi connectivity index (χ1n) is 7.54. The minimum absolute atomic E-state index is 0.199. The Balaban J connectivity index is 1.83. The zero-order chi connectivity index (χ0) is 18.1. The van der Waals surface area contributed by atoms with Gasteiger partial charge in [-0.25, -0.2) is 4.39 Å². The van der Waals surface area contributed by atoms with Gasteiger partial charge in [0.15, 0.2) is 0 Å². The fourth-order valence-corrected chi connectivity index (χ4v) is 2.01. The van der Waals surface area contributed by atoms with Crippen molar-refractivity contribution in [3.8, 4) is 6.07 Å². The van der Waals surface area contributed by atoms with Crippen molar-refractivity contribution in [2.75, 3.05) is 5.32 Å². The van der Waals surface area contributed by atoms with Crippen LogP contribution in [0.3, 0.4) is 0 Å². The van der Waals surface area contributed by atoms with Crippen LogP contribution in [0, 0.1) is 17.1 Å². The van der Waals surface area contributed by atoms with E-state index in [1.54, 1.807) is 42.5 Å². The number of carbonyl (C=O) groups is 2. The van der Waals surface area contributed by atoms with Crippen LogP contribution in [0.25, 0.3) is 6.08 Å². The van der Waals surface area contributed by atoms with Crippen molar-refractivity contribution < 1.29 is 14.0 Å². The minimum atomic E-state index is -0.369. The number of carbonyl (C=O) groups excluding carboxylic acids is 2. The molecule has 0 aliphatic rings. The van der Waals surface area contributed by atoms with E-state index in [2.05, 4.69) is 10.6 Å². The summed E-state index contributed by atoms with van der Waals surface area (Å²) in [6.07, 6.45) is 2.67. The van der Waals surface area contributed by atoms with Crippen LogP contribution in [0.4, 0.5) is 10.1 Å². The predicted octanol–water partition coefficient (Wildman–Crippen LogP) is 3.01. The van der Waals surface area contributed by atoms with Crippen LogP contribution < -0.4 is 10.6 Å². The molecule has 126 valence electrons. The lowest BCUT2D eigenvalue weighted by Gasteiger charge is -2.06. The lowest BCUT2D eigenvalue weighted by atomic mass is 10.2. The lowest BCUT2D eigenvalue weighted by molar-refractivity contribution is -0.117. The number of amides is 2. The van der Waals surface area contributed by atoms with Crippen LogP contribution in [0.1, 0.15) is 17.5 Å². The van der Waals surface area contributed by atoms with Crippen molar-refractivity contribution >= 4 is 23.6 Å². The van der Waals surface area contributed by atoms with Crippen molar-refractivity contribution in [3.05, 3.63) is 71.6 Å². The molecular weight excluding hydrogens is 321 g/mol. The van der Waals surface area contributed by atoms with Crippen LogP contribution in [0.15, 0.2) is 54.6 Å². The van der Waals surface area contributed by atoms with Gasteiger partial charge in [-0.15, -0.1) is 0 Å². The molecule has 0 radical (unpaired) electrons. The number of rotatable bonds is 6. The second kappa shape index (κ2) is 8.99. The highest BCUT2D eigenvalue weighted by molar-refractivity contribution is 5.92. The van der Waals surface area contributed by atoms with E-state index in [9.17, 15) is 14.0 Å². The van der Waals surface area contributed by atoms with Gasteiger partial charge in [-0.1, -0.05) is 24.3 Å². The molecule has 0 heterocycles. The number of hydrogen-bond acceptors (Lipinski definition) is 3. The lowest BCUT2D eigenvalue weighted by Crippen LogP contribution is -2.20. The Morgan fingerprint density at radius 1 is 1.16 bits per heavy atom. The third-order valence-corrected chi connectivity index (χ3v) is 3.22. The fraction of sp³-hybridized carbons (Fsp3) is 0.105. The summed E-state index contributed by atoms with van der Waals surface area (Å²) in [5.41, 5.74) is 2.04. The van der Waals surface area contributed by atoms with Crippen LogP contribution in [0.2, 0.25) is 0 Å². The van der Waals surface area contributed by atoms with Gasteiger partial charge < -0.3 is 10.6 Å². The van der Waals surface area contributed by atoms with Gasteiger partial charge in [0.1, 0.15) is 12.2 Å². The van der Waals surface area contributed by atoms with Gasteiger partial charge in [0.25, 0.3) is 0 Å². The van der Waals surface area contributed by atoms with Gasteiger partial charge in [-0.05, 0) is 41.5 Å². The summed E-state index contributed by atoms with van der Waals surface area (Å²) >= 11 is 0. The summed E-state index contributed by atoms with van der Waals surface area (Å²) in [6.45, 7) is 0.318. The average molecular weight is 337 g/mol. The Labute approximate surface area is 144 Å². The van der Waals surface area contributed by atoms with Crippen LogP contribution in [-0.4, -0.2) is 11.8 Å². The second-order valence-corrected chi connectivity index (χ2v) is 5.19. The maximum atomic E-state index is 13.0. The molecule has 5 nitrogen and oxygen atoms in total. The molecule has 25 heavy (non-hydrogen) atoms. The molecular formula is C19H16FN3O2. The van der Waals surface area contributed by atoms with E-state index in [0.717, 1.165) is 5.56 Å². The van der Waals surface area contributed by atoms with Crippen LogP contribution in [-0.2, 0) is 16.1 Å². The van der Waals surface area contributed by atoms with Crippen molar-refractivity contribution in [1.29, 1.82) is 5.26 Å².